The van der Waals surface area contributed by atoms with Gasteiger partial charge < -0.3 is 24.9 Å². The SMILES string of the molecule is C[N+]1(CC2=C(C(=O)[O-])N3C(=O)[C@@H](N)[C@H]3SC2)CCOCC1.I. The van der Waals surface area contributed by atoms with Crippen LogP contribution in [0.2, 0.25) is 0 Å². The van der Waals surface area contributed by atoms with Crippen LogP contribution in [0.5, 0.6) is 0 Å². The molecule has 22 heavy (non-hydrogen) atoms. The van der Waals surface area contributed by atoms with Gasteiger partial charge in [0, 0.05) is 11.3 Å². The molecule has 3 aliphatic heterocycles. The van der Waals surface area contributed by atoms with Crippen molar-refractivity contribution in [3.8, 4) is 0 Å². The fraction of sp³-hybridized carbons (Fsp3) is 0.692. The van der Waals surface area contributed by atoms with Gasteiger partial charge in [-0.3, -0.25) is 9.69 Å². The molecule has 0 saturated carbocycles. The lowest BCUT2D eigenvalue weighted by atomic mass is 10.0. The van der Waals surface area contributed by atoms with Gasteiger partial charge in [-0.2, -0.15) is 0 Å². The summed E-state index contributed by atoms with van der Waals surface area (Å²) in [4.78, 5) is 24.7. The molecule has 3 rings (SSSR count). The summed E-state index contributed by atoms with van der Waals surface area (Å²) < 4.78 is 6.09. The molecule has 1 amide bonds. The van der Waals surface area contributed by atoms with Crippen molar-refractivity contribution in [2.24, 2.45) is 5.73 Å². The number of halogens is 1. The Morgan fingerprint density at radius 1 is 1.50 bits per heavy atom. The minimum atomic E-state index is -1.28. The molecule has 0 spiro atoms. The largest absolute Gasteiger partial charge is 0.543 e. The molecule has 2 atom stereocenters. The Labute approximate surface area is 150 Å². The number of quaternary nitrogens is 1. The number of nitrogens with zero attached hydrogens (tertiary/aromatic N) is 2. The fourth-order valence-electron chi connectivity index (χ4n) is 3.09. The third-order valence-corrected chi connectivity index (χ3v) is 5.77. The van der Waals surface area contributed by atoms with Crippen LogP contribution in [0.25, 0.3) is 0 Å². The number of hydrogen-bond acceptors (Lipinski definition) is 6. The van der Waals surface area contributed by atoms with E-state index in [0.717, 1.165) is 23.1 Å². The lowest BCUT2D eigenvalue weighted by molar-refractivity contribution is -0.912. The Kier molecular flexibility index (Phi) is 5.42. The summed E-state index contributed by atoms with van der Waals surface area (Å²) >= 11 is 1.53. The number of amides is 1. The van der Waals surface area contributed by atoms with Crippen molar-refractivity contribution in [2.45, 2.75) is 11.4 Å². The topological polar surface area (TPSA) is 95.7 Å². The number of carboxylic acid groups (broad SMARTS) is 1. The van der Waals surface area contributed by atoms with Crippen LogP contribution in [0.3, 0.4) is 0 Å². The van der Waals surface area contributed by atoms with Crippen LogP contribution in [0.1, 0.15) is 0 Å². The molecular formula is C13H20IN3O4S. The van der Waals surface area contributed by atoms with Gasteiger partial charge in [0.05, 0.1) is 31.9 Å². The number of carbonyl (C=O) groups excluding carboxylic acids is 2. The molecule has 0 aromatic heterocycles. The first-order chi connectivity index (χ1) is 9.93. The van der Waals surface area contributed by atoms with Crippen LogP contribution >= 0.6 is 35.7 Å². The number of nitrogens with two attached hydrogens (primary N) is 1. The molecule has 2 saturated heterocycles. The first-order valence-electron chi connectivity index (χ1n) is 6.98. The molecule has 0 aromatic carbocycles. The number of carbonyl (C=O) groups is 2. The molecule has 0 aromatic rings. The molecule has 124 valence electrons. The van der Waals surface area contributed by atoms with E-state index in [0.29, 0.717) is 25.5 Å². The van der Waals surface area contributed by atoms with E-state index >= 15 is 0 Å². The quantitative estimate of drug-likeness (QED) is 0.320. The standard InChI is InChI=1S/C13H19N3O4S.HI/c1-16(2-4-20-5-3-16)6-8-7-21-12-9(14)11(17)15(12)10(8)13(18)19;/h9,12H,2-7,14H2,1H3;1H/t9-,12-;/m1./s1. The maximum absolute atomic E-state index is 11.9. The number of morpholine rings is 1. The van der Waals surface area contributed by atoms with Crippen LogP contribution in [0, 0.1) is 0 Å². The smallest absolute Gasteiger partial charge is 0.248 e. The Morgan fingerprint density at radius 2 is 2.14 bits per heavy atom. The predicted molar refractivity (Wildman–Crippen MR) is 90.1 cm³/mol. The zero-order chi connectivity index (χ0) is 15.2. The highest BCUT2D eigenvalue weighted by atomic mass is 127. The number of β-lactam (4-membered cyclic amide) rings is 1. The normalized spacial score (nSPS) is 30.3. The minimum Gasteiger partial charge on any atom is -0.543 e. The maximum atomic E-state index is 11.9. The molecule has 2 N–H and O–H groups in total. The zero-order valence-electron chi connectivity index (χ0n) is 12.3. The molecule has 0 aliphatic carbocycles. The van der Waals surface area contributed by atoms with Crippen molar-refractivity contribution < 1.29 is 23.9 Å². The monoisotopic (exact) mass is 441 g/mol. The van der Waals surface area contributed by atoms with Gasteiger partial charge in [0.25, 0.3) is 0 Å². The molecule has 0 bridgehead atoms. The lowest BCUT2D eigenvalue weighted by Gasteiger charge is -2.50. The fourth-order valence-corrected chi connectivity index (χ4v) is 4.37. The molecule has 0 unspecified atom stereocenters. The average Bonchev–Trinajstić information content (AvgIpc) is 2.46. The predicted octanol–water partition coefficient (Wildman–Crippen LogP) is -1.67. The van der Waals surface area contributed by atoms with Crippen LogP contribution in [-0.4, -0.2) is 78.3 Å². The molecule has 7 nitrogen and oxygen atoms in total. The van der Waals surface area contributed by atoms with Crippen LogP contribution in [-0.2, 0) is 14.3 Å². The number of rotatable bonds is 3. The van der Waals surface area contributed by atoms with Gasteiger partial charge in [0.2, 0.25) is 5.91 Å². The number of carboxylic acids is 1. The molecule has 2 fully saturated rings. The molecule has 3 heterocycles. The van der Waals surface area contributed by atoms with Crippen molar-refractivity contribution >= 4 is 47.6 Å². The van der Waals surface area contributed by atoms with Crippen molar-refractivity contribution in [1.29, 1.82) is 0 Å². The second kappa shape index (κ2) is 6.63. The third-order valence-electron chi connectivity index (χ3n) is 4.41. The van der Waals surface area contributed by atoms with Crippen molar-refractivity contribution in [2.75, 3.05) is 45.6 Å². The van der Waals surface area contributed by atoms with Crippen molar-refractivity contribution in [3.63, 3.8) is 0 Å². The Morgan fingerprint density at radius 3 is 2.73 bits per heavy atom. The van der Waals surface area contributed by atoms with Crippen molar-refractivity contribution in [3.05, 3.63) is 11.3 Å². The minimum absolute atomic E-state index is 0. The highest BCUT2D eigenvalue weighted by Crippen LogP contribution is 2.39. The Bertz CT molecular complexity index is 521. The van der Waals surface area contributed by atoms with E-state index in [1.165, 1.54) is 16.7 Å². The van der Waals surface area contributed by atoms with Gasteiger partial charge in [-0.25, -0.2) is 0 Å². The number of likely N-dealkylation sites (N-methyl/N-ethyl adjacent to an activating group) is 1. The first kappa shape index (κ1) is 18.0. The van der Waals surface area contributed by atoms with E-state index in [9.17, 15) is 14.7 Å². The second-order valence-corrected chi connectivity index (χ2v) is 7.12. The summed E-state index contributed by atoms with van der Waals surface area (Å²) in [6.45, 7) is 3.63. The molecule has 3 aliphatic rings. The Hall–Kier alpha value is -0.360. The van der Waals surface area contributed by atoms with Crippen LogP contribution in [0.15, 0.2) is 11.3 Å². The van der Waals surface area contributed by atoms with E-state index in [-0.39, 0.29) is 41.0 Å². The summed E-state index contributed by atoms with van der Waals surface area (Å²) in [5, 5.41) is 11.2. The number of hydrogen-bond donors (Lipinski definition) is 1. The number of fused-ring (bicyclic) bond motifs is 1. The Balaban J connectivity index is 0.00000176. The molecular weight excluding hydrogens is 421 g/mol. The van der Waals surface area contributed by atoms with Gasteiger partial charge in [-0.1, -0.05) is 0 Å². The van der Waals surface area contributed by atoms with E-state index in [1.807, 2.05) is 0 Å². The zero-order valence-corrected chi connectivity index (χ0v) is 15.5. The van der Waals surface area contributed by atoms with Gasteiger partial charge in [0.15, 0.2) is 0 Å². The summed E-state index contributed by atoms with van der Waals surface area (Å²) in [6, 6.07) is -0.598. The summed E-state index contributed by atoms with van der Waals surface area (Å²) in [5.74, 6) is -1.02. The second-order valence-electron chi connectivity index (χ2n) is 6.01. The van der Waals surface area contributed by atoms with Gasteiger partial charge in [-0.05, 0) is 0 Å². The highest BCUT2D eigenvalue weighted by Gasteiger charge is 2.50. The summed E-state index contributed by atoms with van der Waals surface area (Å²) in [7, 11) is 2.09. The number of ether oxygens (including phenoxy) is 1. The van der Waals surface area contributed by atoms with E-state index in [2.05, 4.69) is 7.05 Å². The van der Waals surface area contributed by atoms with Gasteiger partial charge in [0.1, 0.15) is 31.0 Å². The number of thioether (sulfide) groups is 1. The van der Waals surface area contributed by atoms with Crippen LogP contribution in [0.4, 0.5) is 0 Å². The van der Waals surface area contributed by atoms with Gasteiger partial charge >= 0.3 is 0 Å². The first-order valence-corrected chi connectivity index (χ1v) is 8.03. The lowest BCUT2D eigenvalue weighted by Crippen LogP contribution is -2.69. The third kappa shape index (κ3) is 3.01. The van der Waals surface area contributed by atoms with E-state index in [1.54, 1.807) is 0 Å². The number of aliphatic carboxylic acids is 1. The highest BCUT2D eigenvalue weighted by molar-refractivity contribution is 14.0. The van der Waals surface area contributed by atoms with E-state index in [4.69, 9.17) is 10.5 Å². The molecule has 9 heteroatoms. The average molecular weight is 441 g/mol. The maximum Gasteiger partial charge on any atom is 0.248 e. The summed E-state index contributed by atoms with van der Waals surface area (Å²) in [5.41, 5.74) is 6.53. The van der Waals surface area contributed by atoms with Crippen molar-refractivity contribution in [1.82, 2.24) is 4.90 Å². The summed E-state index contributed by atoms with van der Waals surface area (Å²) in [6.07, 6.45) is 0. The molecule has 0 radical (unpaired) electrons. The van der Waals surface area contributed by atoms with Crippen LogP contribution < -0.4 is 10.8 Å². The van der Waals surface area contributed by atoms with Gasteiger partial charge in [-0.15, -0.1) is 35.7 Å². The van der Waals surface area contributed by atoms with E-state index < -0.39 is 12.0 Å².